The van der Waals surface area contributed by atoms with Gasteiger partial charge in [0, 0.05) is 18.3 Å². The van der Waals surface area contributed by atoms with Gasteiger partial charge in [0.2, 0.25) is 0 Å². The second-order valence-electron chi connectivity index (χ2n) is 7.11. The predicted octanol–water partition coefficient (Wildman–Crippen LogP) is 4.87. The summed E-state index contributed by atoms with van der Waals surface area (Å²) in [5.41, 5.74) is 2.15. The quantitative estimate of drug-likeness (QED) is 0.785. The fourth-order valence-electron chi connectivity index (χ4n) is 3.65. The molecule has 1 unspecified atom stereocenters. The third-order valence-corrected chi connectivity index (χ3v) is 6.56. The maximum Gasteiger partial charge on any atom is 0.175 e. The molecule has 1 saturated carbocycles. The lowest BCUT2D eigenvalue weighted by atomic mass is 9.97. The van der Waals surface area contributed by atoms with Crippen molar-refractivity contribution in [2.24, 2.45) is 0 Å². The average Bonchev–Trinajstić information content (AvgIpc) is 3.05. The van der Waals surface area contributed by atoms with E-state index in [0.29, 0.717) is 16.9 Å². The number of benzene rings is 2. The van der Waals surface area contributed by atoms with Crippen molar-refractivity contribution < 1.29 is 12.8 Å². The van der Waals surface area contributed by atoms with Gasteiger partial charge >= 0.3 is 0 Å². The maximum atomic E-state index is 13.3. The van der Waals surface area contributed by atoms with Gasteiger partial charge in [-0.05, 0) is 67.5 Å². The van der Waals surface area contributed by atoms with Crippen molar-refractivity contribution in [3.05, 3.63) is 64.4 Å². The number of rotatable bonds is 5. The van der Waals surface area contributed by atoms with E-state index in [9.17, 15) is 12.8 Å². The first kappa shape index (κ1) is 19.3. The van der Waals surface area contributed by atoms with Gasteiger partial charge in [-0.2, -0.15) is 0 Å². The lowest BCUT2D eigenvalue weighted by Crippen LogP contribution is -2.29. The number of hydrogen-bond acceptors (Lipinski definition) is 3. The Kier molecular flexibility index (Phi) is 5.70. The second-order valence-corrected chi connectivity index (χ2v) is 9.53. The minimum Gasteiger partial charge on any atom is -0.307 e. The molecule has 0 heterocycles. The van der Waals surface area contributed by atoms with E-state index in [4.69, 9.17) is 11.6 Å². The zero-order valence-electron chi connectivity index (χ0n) is 14.9. The van der Waals surface area contributed by atoms with Gasteiger partial charge in [0.25, 0.3) is 0 Å². The van der Waals surface area contributed by atoms with Crippen LogP contribution in [0.5, 0.6) is 0 Å². The van der Waals surface area contributed by atoms with Crippen molar-refractivity contribution in [1.29, 1.82) is 0 Å². The van der Waals surface area contributed by atoms with Crippen molar-refractivity contribution in [3.8, 4) is 0 Å². The van der Waals surface area contributed by atoms with Gasteiger partial charge in [-0.1, -0.05) is 29.8 Å². The standard InChI is InChI=1S/C20H23ClFNO2S/c1-13(15-6-10-20(22)19(21)12-15)23-17-7-3-16(11-17)14-4-8-18(9-5-14)26(2,24)25/h4-6,8-10,12-13,16-17,23H,3,7,11H2,1-2H3/t13-,16?,17-/m1/s1. The first-order chi connectivity index (χ1) is 12.2. The molecule has 1 aliphatic rings. The van der Waals surface area contributed by atoms with Crippen LogP contribution in [0.4, 0.5) is 4.39 Å². The monoisotopic (exact) mass is 395 g/mol. The lowest BCUT2D eigenvalue weighted by Gasteiger charge is -2.20. The Morgan fingerprint density at radius 2 is 1.85 bits per heavy atom. The molecular weight excluding hydrogens is 373 g/mol. The van der Waals surface area contributed by atoms with Crippen molar-refractivity contribution in [3.63, 3.8) is 0 Å². The number of sulfone groups is 1. The second kappa shape index (κ2) is 7.67. The fraction of sp³-hybridized carbons (Fsp3) is 0.400. The topological polar surface area (TPSA) is 46.2 Å². The van der Waals surface area contributed by atoms with Crippen LogP contribution in [0.15, 0.2) is 47.4 Å². The van der Waals surface area contributed by atoms with Gasteiger partial charge in [0.1, 0.15) is 5.82 Å². The molecule has 26 heavy (non-hydrogen) atoms. The minimum absolute atomic E-state index is 0.0875. The zero-order chi connectivity index (χ0) is 18.9. The molecule has 3 rings (SSSR count). The van der Waals surface area contributed by atoms with E-state index < -0.39 is 15.7 Å². The van der Waals surface area contributed by atoms with Crippen LogP contribution in [0.3, 0.4) is 0 Å². The average molecular weight is 396 g/mol. The van der Waals surface area contributed by atoms with Gasteiger partial charge in [-0.25, -0.2) is 12.8 Å². The molecule has 1 aliphatic carbocycles. The van der Waals surface area contributed by atoms with Gasteiger partial charge < -0.3 is 5.32 Å². The minimum atomic E-state index is -3.16. The first-order valence-corrected chi connectivity index (χ1v) is 11.0. The van der Waals surface area contributed by atoms with Crippen molar-refractivity contribution in [2.75, 3.05) is 6.26 Å². The zero-order valence-corrected chi connectivity index (χ0v) is 16.4. The third kappa shape index (κ3) is 4.45. The molecule has 2 aromatic rings. The summed E-state index contributed by atoms with van der Waals surface area (Å²) in [6.45, 7) is 2.05. The molecule has 0 bridgehead atoms. The Morgan fingerprint density at radius 1 is 1.15 bits per heavy atom. The van der Waals surface area contributed by atoms with Crippen LogP contribution in [0.2, 0.25) is 5.02 Å². The van der Waals surface area contributed by atoms with Crippen LogP contribution >= 0.6 is 11.6 Å². The molecule has 2 aromatic carbocycles. The predicted molar refractivity (Wildman–Crippen MR) is 103 cm³/mol. The van der Waals surface area contributed by atoms with Crippen LogP contribution in [-0.4, -0.2) is 20.7 Å². The molecule has 6 heteroatoms. The van der Waals surface area contributed by atoms with E-state index in [1.54, 1.807) is 24.3 Å². The third-order valence-electron chi connectivity index (χ3n) is 5.14. The molecule has 0 spiro atoms. The summed E-state index contributed by atoms with van der Waals surface area (Å²) in [6, 6.07) is 12.5. The van der Waals surface area contributed by atoms with Crippen LogP contribution in [0.1, 0.15) is 49.3 Å². The van der Waals surface area contributed by atoms with Crippen molar-refractivity contribution >= 4 is 21.4 Å². The number of hydrogen-bond donors (Lipinski definition) is 1. The Balaban J connectivity index is 1.62. The fourth-order valence-corrected chi connectivity index (χ4v) is 4.47. The molecular formula is C20H23ClFNO2S. The molecule has 140 valence electrons. The molecule has 1 N–H and O–H groups in total. The van der Waals surface area contributed by atoms with E-state index in [1.807, 2.05) is 12.1 Å². The number of halogens is 2. The highest BCUT2D eigenvalue weighted by Crippen LogP contribution is 2.36. The summed E-state index contributed by atoms with van der Waals surface area (Å²) in [4.78, 5) is 0.357. The van der Waals surface area contributed by atoms with E-state index in [1.165, 1.54) is 17.9 Å². The Labute approximate surface area is 159 Å². The van der Waals surface area contributed by atoms with E-state index in [-0.39, 0.29) is 11.1 Å². The summed E-state index contributed by atoms with van der Waals surface area (Å²) < 4.78 is 36.5. The van der Waals surface area contributed by atoms with Gasteiger partial charge in [0.15, 0.2) is 9.84 Å². The van der Waals surface area contributed by atoms with E-state index in [2.05, 4.69) is 12.2 Å². The highest BCUT2D eigenvalue weighted by molar-refractivity contribution is 7.90. The van der Waals surface area contributed by atoms with Crippen molar-refractivity contribution in [2.45, 2.75) is 49.1 Å². The van der Waals surface area contributed by atoms with Gasteiger partial charge in [0.05, 0.1) is 9.92 Å². The van der Waals surface area contributed by atoms with Crippen molar-refractivity contribution in [1.82, 2.24) is 5.32 Å². The Morgan fingerprint density at radius 3 is 2.46 bits per heavy atom. The summed E-state index contributed by atoms with van der Waals surface area (Å²) in [5.74, 6) is 0.0196. The summed E-state index contributed by atoms with van der Waals surface area (Å²) >= 11 is 5.88. The van der Waals surface area contributed by atoms with Crippen LogP contribution < -0.4 is 5.32 Å². The maximum absolute atomic E-state index is 13.3. The highest BCUT2D eigenvalue weighted by Gasteiger charge is 2.27. The Hall–Kier alpha value is -1.43. The normalized spacial score (nSPS) is 21.7. The highest BCUT2D eigenvalue weighted by atomic mass is 35.5. The molecule has 3 atom stereocenters. The molecule has 0 aromatic heterocycles. The molecule has 0 saturated heterocycles. The lowest BCUT2D eigenvalue weighted by molar-refractivity contribution is 0.456. The van der Waals surface area contributed by atoms with Crippen LogP contribution in [-0.2, 0) is 9.84 Å². The molecule has 3 nitrogen and oxygen atoms in total. The summed E-state index contributed by atoms with van der Waals surface area (Å²) in [7, 11) is -3.16. The number of nitrogens with one attached hydrogen (secondary N) is 1. The smallest absolute Gasteiger partial charge is 0.175 e. The van der Waals surface area contributed by atoms with Crippen LogP contribution in [0, 0.1) is 5.82 Å². The van der Waals surface area contributed by atoms with Crippen LogP contribution in [0.25, 0.3) is 0 Å². The summed E-state index contributed by atoms with van der Waals surface area (Å²) in [6.07, 6.45) is 4.34. The molecule has 1 fully saturated rings. The SMILES string of the molecule is C[C@@H](N[C@@H]1CCC(c2ccc(S(C)(=O)=O)cc2)C1)c1ccc(F)c(Cl)c1. The van der Waals surface area contributed by atoms with Gasteiger partial charge in [-0.3, -0.25) is 0 Å². The molecule has 0 radical (unpaired) electrons. The Bertz CT molecular complexity index is 883. The van der Waals surface area contributed by atoms with E-state index in [0.717, 1.165) is 24.8 Å². The largest absolute Gasteiger partial charge is 0.307 e. The molecule has 0 amide bonds. The summed E-state index contributed by atoms with van der Waals surface area (Å²) in [5, 5.41) is 3.75. The van der Waals surface area contributed by atoms with Gasteiger partial charge in [-0.15, -0.1) is 0 Å². The van der Waals surface area contributed by atoms with E-state index >= 15 is 0 Å². The molecule has 0 aliphatic heterocycles. The first-order valence-electron chi connectivity index (χ1n) is 8.75.